The molecule has 0 amide bonds. The first-order valence-corrected chi connectivity index (χ1v) is 5.60. The average Bonchev–Trinajstić information content (AvgIpc) is 2.01. The molecule has 0 spiro atoms. The molecule has 0 radical (unpaired) electrons. The molecule has 0 aromatic heterocycles. The lowest BCUT2D eigenvalue weighted by atomic mass is 10.3. The maximum Gasteiger partial charge on any atom is 0.305 e. The summed E-state index contributed by atoms with van der Waals surface area (Å²) in [5, 5.41) is 0.798. The lowest BCUT2D eigenvalue weighted by Gasteiger charge is -2.06. The molecule has 1 unspecified atom stereocenters. The Morgan fingerprint density at radius 3 is 2.73 bits per heavy atom. The normalized spacial score (nSPS) is 12.6. The number of ether oxygens (including phenoxy) is 1. The van der Waals surface area contributed by atoms with Gasteiger partial charge >= 0.3 is 5.97 Å². The Morgan fingerprint density at radius 1 is 1.64 bits per heavy atom. The van der Waals surface area contributed by atoms with Crippen LogP contribution in [0.15, 0.2) is 0 Å². The molecular weight excluding hydrogens is 276 g/mol. The fraction of sp³-hybridized carbons (Fsp3) is 0.857. The van der Waals surface area contributed by atoms with E-state index in [4.69, 9.17) is 4.74 Å². The van der Waals surface area contributed by atoms with E-state index in [9.17, 15) is 4.79 Å². The first kappa shape index (κ1) is 11.4. The second-order valence-corrected chi connectivity index (χ2v) is 4.13. The van der Waals surface area contributed by atoms with Gasteiger partial charge in [-0.3, -0.25) is 4.79 Å². The number of halogens is 2. The zero-order chi connectivity index (χ0) is 8.69. The van der Waals surface area contributed by atoms with E-state index in [1.165, 1.54) is 0 Å². The summed E-state index contributed by atoms with van der Waals surface area (Å²) in [7, 11) is 0. The van der Waals surface area contributed by atoms with Crippen molar-refractivity contribution < 1.29 is 9.53 Å². The highest BCUT2D eigenvalue weighted by Crippen LogP contribution is 2.04. The Balaban J connectivity index is 3.30. The van der Waals surface area contributed by atoms with Crippen LogP contribution in [-0.2, 0) is 9.53 Å². The van der Waals surface area contributed by atoms with Crippen molar-refractivity contribution in [3.8, 4) is 0 Å². The summed E-state index contributed by atoms with van der Waals surface area (Å²) in [5.74, 6) is -0.113. The fourth-order valence-electron chi connectivity index (χ4n) is 0.504. The van der Waals surface area contributed by atoms with Gasteiger partial charge in [0.1, 0.15) is 6.61 Å². The van der Waals surface area contributed by atoms with Crippen LogP contribution in [0.2, 0.25) is 0 Å². The Hall–Kier alpha value is 0.430. The van der Waals surface area contributed by atoms with Crippen molar-refractivity contribution in [3.63, 3.8) is 0 Å². The number of alkyl halides is 2. The molecule has 0 heterocycles. The molecule has 0 rings (SSSR count). The molecule has 4 heteroatoms. The lowest BCUT2D eigenvalue weighted by molar-refractivity contribution is -0.143. The van der Waals surface area contributed by atoms with Crippen molar-refractivity contribution in [2.45, 2.75) is 24.6 Å². The van der Waals surface area contributed by atoms with Gasteiger partial charge in [-0.25, -0.2) is 0 Å². The summed E-state index contributed by atoms with van der Waals surface area (Å²) in [5.41, 5.74) is 0. The molecule has 1 atom stereocenters. The van der Waals surface area contributed by atoms with E-state index >= 15 is 0 Å². The Kier molecular flexibility index (Phi) is 7.38. The Bertz CT molecular complexity index is 117. The van der Waals surface area contributed by atoms with Gasteiger partial charge < -0.3 is 4.74 Å². The van der Waals surface area contributed by atoms with Gasteiger partial charge in [0.15, 0.2) is 0 Å². The third-order valence-corrected chi connectivity index (χ3v) is 3.29. The topological polar surface area (TPSA) is 26.3 Å². The van der Waals surface area contributed by atoms with Gasteiger partial charge in [-0.2, -0.15) is 0 Å². The monoisotopic (exact) mass is 286 g/mol. The molecule has 0 aromatic rings. The van der Waals surface area contributed by atoms with Gasteiger partial charge in [-0.05, 0) is 6.42 Å². The highest BCUT2D eigenvalue weighted by atomic mass is 79.9. The smallest absolute Gasteiger partial charge is 0.305 e. The van der Waals surface area contributed by atoms with Gasteiger partial charge in [-0.15, -0.1) is 0 Å². The zero-order valence-corrected chi connectivity index (χ0v) is 9.65. The minimum atomic E-state index is -0.113. The van der Waals surface area contributed by atoms with E-state index in [1.54, 1.807) is 0 Å². The second-order valence-electron chi connectivity index (χ2n) is 2.18. The predicted molar refractivity (Wildman–Crippen MR) is 52.4 cm³/mol. The molecule has 0 aliphatic rings. The SMILES string of the molecule is CCCC(=O)OCC(Br)CBr. The third-order valence-electron chi connectivity index (χ3n) is 1.05. The third kappa shape index (κ3) is 6.81. The molecule has 0 aliphatic heterocycles. The molecule has 0 aromatic carbocycles. The van der Waals surface area contributed by atoms with Crippen molar-refractivity contribution >= 4 is 37.8 Å². The van der Waals surface area contributed by atoms with Crippen LogP contribution in [-0.4, -0.2) is 22.7 Å². The summed E-state index contributed by atoms with van der Waals surface area (Å²) in [6, 6.07) is 0. The summed E-state index contributed by atoms with van der Waals surface area (Å²) in [4.78, 5) is 11.0. The van der Waals surface area contributed by atoms with Crippen LogP contribution in [0.25, 0.3) is 0 Å². The largest absolute Gasteiger partial charge is 0.464 e. The molecule has 0 N–H and O–H groups in total. The average molecular weight is 288 g/mol. The minimum Gasteiger partial charge on any atom is -0.464 e. The Labute approximate surface area is 83.9 Å². The maximum atomic E-state index is 10.8. The van der Waals surface area contributed by atoms with Gasteiger partial charge in [0.2, 0.25) is 0 Å². The van der Waals surface area contributed by atoms with Crippen LogP contribution in [0, 0.1) is 0 Å². The summed E-state index contributed by atoms with van der Waals surface area (Å²) in [6.07, 6.45) is 1.36. The van der Waals surface area contributed by atoms with Crippen molar-refractivity contribution in [1.29, 1.82) is 0 Å². The number of carbonyl (C=O) groups excluding carboxylic acids is 1. The van der Waals surface area contributed by atoms with E-state index in [1.807, 2.05) is 6.92 Å². The van der Waals surface area contributed by atoms with Gasteiger partial charge in [0.25, 0.3) is 0 Å². The quantitative estimate of drug-likeness (QED) is 0.574. The maximum absolute atomic E-state index is 10.8. The highest BCUT2D eigenvalue weighted by Gasteiger charge is 2.05. The molecule has 66 valence electrons. The number of rotatable bonds is 5. The number of carbonyl (C=O) groups is 1. The van der Waals surface area contributed by atoms with Gasteiger partial charge in [0, 0.05) is 11.8 Å². The van der Waals surface area contributed by atoms with E-state index in [0.29, 0.717) is 13.0 Å². The van der Waals surface area contributed by atoms with Crippen molar-refractivity contribution in [2.24, 2.45) is 0 Å². The van der Waals surface area contributed by atoms with E-state index in [-0.39, 0.29) is 10.8 Å². The van der Waals surface area contributed by atoms with Crippen molar-refractivity contribution in [3.05, 3.63) is 0 Å². The van der Waals surface area contributed by atoms with Crippen LogP contribution in [0.3, 0.4) is 0 Å². The van der Waals surface area contributed by atoms with E-state index < -0.39 is 0 Å². The number of hydrogen-bond acceptors (Lipinski definition) is 2. The molecule has 2 nitrogen and oxygen atoms in total. The first-order chi connectivity index (χ1) is 5.20. The summed E-state index contributed by atoms with van der Waals surface area (Å²) in [6.45, 7) is 2.40. The van der Waals surface area contributed by atoms with E-state index in [2.05, 4.69) is 31.9 Å². The second kappa shape index (κ2) is 7.10. The summed E-state index contributed by atoms with van der Waals surface area (Å²) >= 11 is 6.60. The van der Waals surface area contributed by atoms with Crippen molar-refractivity contribution in [2.75, 3.05) is 11.9 Å². The molecular formula is C7H12Br2O2. The van der Waals surface area contributed by atoms with Crippen LogP contribution in [0.4, 0.5) is 0 Å². The minimum absolute atomic E-state index is 0.113. The fourth-order valence-corrected chi connectivity index (χ4v) is 0.823. The van der Waals surface area contributed by atoms with E-state index in [0.717, 1.165) is 11.8 Å². The van der Waals surface area contributed by atoms with Crippen molar-refractivity contribution in [1.82, 2.24) is 0 Å². The molecule has 0 saturated heterocycles. The van der Waals surface area contributed by atoms with Crippen LogP contribution in [0.1, 0.15) is 19.8 Å². The van der Waals surface area contributed by atoms with Crippen LogP contribution < -0.4 is 0 Å². The molecule has 0 aliphatic carbocycles. The zero-order valence-electron chi connectivity index (χ0n) is 6.48. The summed E-state index contributed by atoms with van der Waals surface area (Å²) < 4.78 is 4.92. The number of hydrogen-bond donors (Lipinski definition) is 0. The first-order valence-electron chi connectivity index (χ1n) is 3.56. The highest BCUT2D eigenvalue weighted by molar-refractivity contribution is 9.12. The lowest BCUT2D eigenvalue weighted by Crippen LogP contribution is -2.14. The van der Waals surface area contributed by atoms with Crippen LogP contribution >= 0.6 is 31.9 Å². The van der Waals surface area contributed by atoms with Crippen LogP contribution in [0.5, 0.6) is 0 Å². The molecule has 0 saturated carbocycles. The number of esters is 1. The standard InChI is InChI=1S/C7H12Br2O2/c1-2-3-7(10)11-5-6(9)4-8/h6H,2-5H2,1H3. The Morgan fingerprint density at radius 2 is 2.27 bits per heavy atom. The molecule has 11 heavy (non-hydrogen) atoms. The van der Waals surface area contributed by atoms with Gasteiger partial charge in [-0.1, -0.05) is 38.8 Å². The molecule has 0 fully saturated rings. The predicted octanol–water partition coefficient (Wildman–Crippen LogP) is 2.49. The van der Waals surface area contributed by atoms with Gasteiger partial charge in [0.05, 0.1) is 4.83 Å². The molecule has 0 bridgehead atoms.